The Labute approximate surface area is 117 Å². The molecule has 1 aliphatic rings. The number of hydrogen-bond acceptors (Lipinski definition) is 3. The van der Waals surface area contributed by atoms with Crippen molar-refractivity contribution in [3.05, 3.63) is 0 Å². The van der Waals surface area contributed by atoms with Crippen LogP contribution in [0.15, 0.2) is 0 Å². The maximum Gasteiger partial charge on any atom is 0.222 e. The van der Waals surface area contributed by atoms with E-state index in [9.17, 15) is 4.79 Å². The van der Waals surface area contributed by atoms with Crippen molar-refractivity contribution in [2.75, 3.05) is 13.2 Å². The Bertz CT molecular complexity index is 269. The number of carbonyl (C=O) groups excluding carboxylic acids is 1. The molecule has 0 aromatic carbocycles. The van der Waals surface area contributed by atoms with E-state index >= 15 is 0 Å². The van der Waals surface area contributed by atoms with Gasteiger partial charge in [0.1, 0.15) is 0 Å². The minimum absolute atomic E-state index is 0.0992. The van der Waals surface area contributed by atoms with Gasteiger partial charge in [0.15, 0.2) is 0 Å². The van der Waals surface area contributed by atoms with E-state index in [-0.39, 0.29) is 18.1 Å². The Morgan fingerprint density at radius 3 is 2.74 bits per heavy atom. The lowest BCUT2D eigenvalue weighted by Crippen LogP contribution is -2.40. The van der Waals surface area contributed by atoms with E-state index < -0.39 is 0 Å². The van der Waals surface area contributed by atoms with Gasteiger partial charge in [0.2, 0.25) is 5.91 Å². The SMILES string of the molecule is CC(C)CC(C)OCCC(=O)NC1CCCC1CN. The highest BCUT2D eigenvalue weighted by atomic mass is 16.5. The lowest BCUT2D eigenvalue weighted by molar-refractivity contribution is -0.123. The van der Waals surface area contributed by atoms with Gasteiger partial charge in [-0.3, -0.25) is 4.79 Å². The lowest BCUT2D eigenvalue weighted by atomic mass is 10.0. The van der Waals surface area contributed by atoms with Crippen LogP contribution in [0, 0.1) is 11.8 Å². The monoisotopic (exact) mass is 270 g/mol. The highest BCUT2D eigenvalue weighted by molar-refractivity contribution is 5.76. The molecule has 1 aliphatic carbocycles. The van der Waals surface area contributed by atoms with Crippen molar-refractivity contribution in [3.8, 4) is 0 Å². The second kappa shape index (κ2) is 8.54. The van der Waals surface area contributed by atoms with Crippen molar-refractivity contribution < 1.29 is 9.53 Å². The third-order valence-corrected chi connectivity index (χ3v) is 3.84. The molecule has 0 spiro atoms. The predicted molar refractivity (Wildman–Crippen MR) is 77.8 cm³/mol. The van der Waals surface area contributed by atoms with Gasteiger partial charge in [0.25, 0.3) is 0 Å². The topological polar surface area (TPSA) is 64.3 Å². The summed E-state index contributed by atoms with van der Waals surface area (Å²) in [7, 11) is 0. The van der Waals surface area contributed by atoms with Crippen molar-refractivity contribution in [2.24, 2.45) is 17.6 Å². The van der Waals surface area contributed by atoms with Crippen molar-refractivity contribution >= 4 is 5.91 Å². The standard InChI is InChI=1S/C15H30N2O2/c1-11(2)9-12(3)19-8-7-15(18)17-14-6-4-5-13(14)10-16/h11-14H,4-10,16H2,1-3H3,(H,17,18). The van der Waals surface area contributed by atoms with Crippen LogP contribution in [-0.2, 0) is 9.53 Å². The summed E-state index contributed by atoms with van der Waals surface area (Å²) in [5.41, 5.74) is 5.71. The molecule has 0 aromatic heterocycles. The summed E-state index contributed by atoms with van der Waals surface area (Å²) >= 11 is 0. The summed E-state index contributed by atoms with van der Waals surface area (Å²) in [4.78, 5) is 11.8. The Morgan fingerprint density at radius 1 is 1.37 bits per heavy atom. The highest BCUT2D eigenvalue weighted by Gasteiger charge is 2.27. The van der Waals surface area contributed by atoms with E-state index in [0.717, 1.165) is 19.3 Å². The summed E-state index contributed by atoms with van der Waals surface area (Å²) in [5, 5.41) is 3.10. The van der Waals surface area contributed by atoms with Gasteiger partial charge in [0, 0.05) is 12.5 Å². The van der Waals surface area contributed by atoms with Gasteiger partial charge in [-0.1, -0.05) is 20.3 Å². The number of ether oxygens (including phenoxy) is 1. The molecule has 0 saturated heterocycles. The third-order valence-electron chi connectivity index (χ3n) is 3.84. The second-order valence-electron chi connectivity index (χ2n) is 6.16. The molecule has 112 valence electrons. The van der Waals surface area contributed by atoms with Crippen LogP contribution in [0.3, 0.4) is 0 Å². The smallest absolute Gasteiger partial charge is 0.222 e. The van der Waals surface area contributed by atoms with Crippen LogP contribution in [-0.4, -0.2) is 31.2 Å². The van der Waals surface area contributed by atoms with Crippen LogP contribution in [0.2, 0.25) is 0 Å². The summed E-state index contributed by atoms with van der Waals surface area (Å²) in [6, 6.07) is 0.283. The van der Waals surface area contributed by atoms with Crippen LogP contribution in [0.5, 0.6) is 0 Å². The minimum atomic E-state index is 0.0992. The first-order valence-corrected chi connectivity index (χ1v) is 7.64. The van der Waals surface area contributed by atoms with Crippen LogP contribution in [0.4, 0.5) is 0 Å². The molecule has 1 fully saturated rings. The summed E-state index contributed by atoms with van der Waals surface area (Å²) in [6.45, 7) is 7.62. The van der Waals surface area contributed by atoms with Crippen molar-refractivity contribution in [2.45, 2.75) is 65.0 Å². The first kappa shape index (κ1) is 16.4. The summed E-state index contributed by atoms with van der Waals surface area (Å²) in [6.07, 6.45) is 5.11. The Morgan fingerprint density at radius 2 is 2.11 bits per heavy atom. The van der Waals surface area contributed by atoms with Gasteiger partial charge in [-0.2, -0.15) is 0 Å². The average Bonchev–Trinajstić information content (AvgIpc) is 2.75. The zero-order valence-corrected chi connectivity index (χ0v) is 12.7. The number of carbonyl (C=O) groups is 1. The molecule has 4 nitrogen and oxygen atoms in total. The van der Waals surface area contributed by atoms with E-state index in [1.54, 1.807) is 0 Å². The highest BCUT2D eigenvalue weighted by Crippen LogP contribution is 2.24. The lowest BCUT2D eigenvalue weighted by Gasteiger charge is -2.20. The van der Waals surface area contributed by atoms with Crippen LogP contribution < -0.4 is 11.1 Å². The number of hydrogen-bond donors (Lipinski definition) is 2. The van der Waals surface area contributed by atoms with Gasteiger partial charge < -0.3 is 15.8 Å². The number of nitrogens with one attached hydrogen (secondary N) is 1. The average molecular weight is 270 g/mol. The van der Waals surface area contributed by atoms with E-state index in [2.05, 4.69) is 26.1 Å². The predicted octanol–water partition coefficient (Wildman–Crippen LogP) is 2.07. The Kier molecular flexibility index (Phi) is 7.39. The molecule has 3 atom stereocenters. The number of rotatable bonds is 8. The molecule has 1 rings (SSSR count). The summed E-state index contributed by atoms with van der Waals surface area (Å²) < 4.78 is 5.66. The first-order chi connectivity index (χ1) is 9.02. The van der Waals surface area contributed by atoms with Crippen LogP contribution >= 0.6 is 0 Å². The number of nitrogens with two attached hydrogens (primary N) is 1. The maximum atomic E-state index is 11.8. The molecule has 3 N–H and O–H groups in total. The minimum Gasteiger partial charge on any atom is -0.378 e. The van der Waals surface area contributed by atoms with Gasteiger partial charge in [-0.25, -0.2) is 0 Å². The molecule has 19 heavy (non-hydrogen) atoms. The Hall–Kier alpha value is -0.610. The Balaban J connectivity index is 2.14. The van der Waals surface area contributed by atoms with Crippen molar-refractivity contribution in [1.82, 2.24) is 5.32 Å². The van der Waals surface area contributed by atoms with Crippen LogP contribution in [0.25, 0.3) is 0 Å². The van der Waals surface area contributed by atoms with Gasteiger partial charge in [-0.05, 0) is 44.6 Å². The number of amides is 1. The van der Waals surface area contributed by atoms with Crippen molar-refractivity contribution in [3.63, 3.8) is 0 Å². The molecular formula is C15H30N2O2. The molecule has 0 radical (unpaired) electrons. The van der Waals surface area contributed by atoms with Gasteiger partial charge >= 0.3 is 0 Å². The molecule has 0 aliphatic heterocycles. The van der Waals surface area contributed by atoms with Gasteiger partial charge in [0.05, 0.1) is 12.7 Å². The van der Waals surface area contributed by atoms with Gasteiger partial charge in [-0.15, -0.1) is 0 Å². The molecule has 3 unspecified atom stereocenters. The van der Waals surface area contributed by atoms with E-state index in [4.69, 9.17) is 10.5 Å². The van der Waals surface area contributed by atoms with E-state index in [1.807, 2.05) is 0 Å². The molecule has 0 bridgehead atoms. The summed E-state index contributed by atoms with van der Waals surface area (Å²) in [5.74, 6) is 1.19. The molecule has 1 saturated carbocycles. The fraction of sp³-hybridized carbons (Fsp3) is 0.933. The maximum absolute atomic E-state index is 11.8. The molecule has 0 heterocycles. The van der Waals surface area contributed by atoms with Crippen molar-refractivity contribution in [1.29, 1.82) is 0 Å². The fourth-order valence-electron chi connectivity index (χ4n) is 2.87. The quantitative estimate of drug-likeness (QED) is 0.709. The van der Waals surface area contributed by atoms with E-state index in [1.165, 1.54) is 6.42 Å². The zero-order valence-electron chi connectivity index (χ0n) is 12.7. The molecule has 0 aromatic rings. The molecular weight excluding hydrogens is 240 g/mol. The fourth-order valence-corrected chi connectivity index (χ4v) is 2.87. The second-order valence-corrected chi connectivity index (χ2v) is 6.16. The van der Waals surface area contributed by atoms with E-state index in [0.29, 0.717) is 31.4 Å². The zero-order chi connectivity index (χ0) is 14.3. The normalized spacial score (nSPS) is 24.7. The molecule has 1 amide bonds. The first-order valence-electron chi connectivity index (χ1n) is 7.64. The van der Waals surface area contributed by atoms with Crippen LogP contribution in [0.1, 0.15) is 52.9 Å². The molecule has 4 heteroatoms. The third kappa shape index (κ3) is 6.39. The largest absolute Gasteiger partial charge is 0.378 e.